The topological polar surface area (TPSA) is 17.8 Å². The van der Waals surface area contributed by atoms with E-state index in [4.69, 9.17) is 0 Å². The van der Waals surface area contributed by atoms with Gasteiger partial charge < -0.3 is 4.57 Å². The third kappa shape index (κ3) is 2.31. The van der Waals surface area contributed by atoms with Crippen molar-refractivity contribution in [1.29, 1.82) is 0 Å². The van der Waals surface area contributed by atoms with Crippen molar-refractivity contribution in [3.63, 3.8) is 0 Å². The van der Waals surface area contributed by atoms with Crippen molar-refractivity contribution in [1.82, 2.24) is 9.55 Å². The minimum atomic E-state index is 1.06. The molecule has 2 nitrogen and oxygen atoms in total. The molecule has 0 saturated carbocycles. The van der Waals surface area contributed by atoms with Gasteiger partial charge in [0.15, 0.2) is 0 Å². The van der Waals surface area contributed by atoms with Crippen LogP contribution in [0.2, 0.25) is 0 Å². The Labute approximate surface area is 78.6 Å². The highest BCUT2D eigenvalue weighted by Gasteiger charge is 1.99. The number of hydrogen-bond donors (Lipinski definition) is 0. The van der Waals surface area contributed by atoms with Crippen molar-refractivity contribution < 1.29 is 0 Å². The fourth-order valence-corrected chi connectivity index (χ4v) is 1.55. The SMILES string of the molecule is C1=CCCC(CCn2ccnc2)=C1. The molecule has 2 rings (SSSR count). The molecule has 1 aromatic rings. The van der Waals surface area contributed by atoms with E-state index in [0.717, 1.165) is 13.0 Å². The smallest absolute Gasteiger partial charge is 0.0946 e. The van der Waals surface area contributed by atoms with E-state index in [1.54, 1.807) is 5.57 Å². The van der Waals surface area contributed by atoms with Gasteiger partial charge in [0.1, 0.15) is 0 Å². The standard InChI is InChI=1S/C11H14N2/c1-2-4-11(5-3-1)6-8-13-9-7-12-10-13/h1-2,4,7,9-10H,3,5-6,8H2. The summed E-state index contributed by atoms with van der Waals surface area (Å²) in [4.78, 5) is 4.02. The molecule has 68 valence electrons. The predicted molar refractivity (Wildman–Crippen MR) is 53.3 cm³/mol. The molecule has 0 aliphatic heterocycles. The third-order valence-electron chi connectivity index (χ3n) is 2.35. The summed E-state index contributed by atoms with van der Waals surface area (Å²) in [5.74, 6) is 0. The lowest BCUT2D eigenvalue weighted by molar-refractivity contribution is 0.672. The summed E-state index contributed by atoms with van der Waals surface area (Å²) < 4.78 is 2.12. The van der Waals surface area contributed by atoms with Crippen LogP contribution < -0.4 is 0 Å². The van der Waals surface area contributed by atoms with Gasteiger partial charge in [-0.2, -0.15) is 0 Å². The highest BCUT2D eigenvalue weighted by molar-refractivity contribution is 5.17. The quantitative estimate of drug-likeness (QED) is 0.688. The van der Waals surface area contributed by atoms with Gasteiger partial charge in [0, 0.05) is 18.9 Å². The Morgan fingerprint density at radius 1 is 1.46 bits per heavy atom. The van der Waals surface area contributed by atoms with Crippen molar-refractivity contribution in [2.45, 2.75) is 25.8 Å². The average Bonchev–Trinajstić information content (AvgIpc) is 2.69. The first kappa shape index (κ1) is 8.30. The zero-order valence-corrected chi connectivity index (χ0v) is 7.69. The molecule has 0 unspecified atom stereocenters. The largest absolute Gasteiger partial charge is 0.337 e. The van der Waals surface area contributed by atoms with E-state index in [1.165, 1.54) is 12.8 Å². The van der Waals surface area contributed by atoms with Crippen LogP contribution in [0.3, 0.4) is 0 Å². The second-order valence-electron chi connectivity index (χ2n) is 3.34. The van der Waals surface area contributed by atoms with Gasteiger partial charge in [0.2, 0.25) is 0 Å². The molecule has 0 bridgehead atoms. The molecular weight excluding hydrogens is 160 g/mol. The van der Waals surface area contributed by atoms with Crippen LogP contribution in [0, 0.1) is 0 Å². The summed E-state index contributed by atoms with van der Waals surface area (Å²) in [5, 5.41) is 0. The van der Waals surface area contributed by atoms with E-state index >= 15 is 0 Å². The number of aromatic nitrogens is 2. The fraction of sp³-hybridized carbons (Fsp3) is 0.364. The van der Waals surface area contributed by atoms with Crippen LogP contribution in [-0.4, -0.2) is 9.55 Å². The Balaban J connectivity index is 1.85. The van der Waals surface area contributed by atoms with Gasteiger partial charge in [-0.15, -0.1) is 0 Å². The Kier molecular flexibility index (Phi) is 2.60. The van der Waals surface area contributed by atoms with Crippen molar-refractivity contribution in [2.24, 2.45) is 0 Å². The fourth-order valence-electron chi connectivity index (χ4n) is 1.55. The van der Waals surface area contributed by atoms with Crippen molar-refractivity contribution >= 4 is 0 Å². The van der Waals surface area contributed by atoms with Gasteiger partial charge in [-0.1, -0.05) is 23.8 Å². The van der Waals surface area contributed by atoms with E-state index in [0.29, 0.717) is 0 Å². The Bertz CT molecular complexity index is 307. The molecule has 0 spiro atoms. The van der Waals surface area contributed by atoms with Crippen LogP contribution in [0.15, 0.2) is 42.5 Å². The first-order valence-electron chi connectivity index (χ1n) is 4.75. The maximum Gasteiger partial charge on any atom is 0.0946 e. The van der Waals surface area contributed by atoms with Crippen LogP contribution >= 0.6 is 0 Å². The molecule has 2 heteroatoms. The van der Waals surface area contributed by atoms with Gasteiger partial charge in [0.05, 0.1) is 6.33 Å². The number of aryl methyl sites for hydroxylation is 1. The van der Waals surface area contributed by atoms with Crippen LogP contribution in [0.5, 0.6) is 0 Å². The van der Waals surface area contributed by atoms with Crippen LogP contribution in [0.1, 0.15) is 19.3 Å². The van der Waals surface area contributed by atoms with Gasteiger partial charge in [-0.05, 0) is 19.3 Å². The van der Waals surface area contributed by atoms with Gasteiger partial charge in [0.25, 0.3) is 0 Å². The molecule has 0 amide bonds. The van der Waals surface area contributed by atoms with E-state index in [9.17, 15) is 0 Å². The van der Waals surface area contributed by atoms with Crippen LogP contribution in [0.25, 0.3) is 0 Å². The predicted octanol–water partition coefficient (Wildman–Crippen LogP) is 2.55. The summed E-state index contributed by atoms with van der Waals surface area (Å²) >= 11 is 0. The van der Waals surface area contributed by atoms with Gasteiger partial charge in [-0.3, -0.25) is 0 Å². The lowest BCUT2D eigenvalue weighted by Crippen LogP contribution is -1.97. The van der Waals surface area contributed by atoms with Crippen molar-refractivity contribution in [3.8, 4) is 0 Å². The highest BCUT2D eigenvalue weighted by Crippen LogP contribution is 2.15. The molecule has 1 aromatic heterocycles. The van der Waals surface area contributed by atoms with E-state index < -0.39 is 0 Å². The zero-order valence-electron chi connectivity index (χ0n) is 7.69. The number of allylic oxidation sites excluding steroid dienone is 4. The van der Waals surface area contributed by atoms with Gasteiger partial charge >= 0.3 is 0 Å². The number of nitrogens with zero attached hydrogens (tertiary/aromatic N) is 2. The van der Waals surface area contributed by atoms with Crippen LogP contribution in [-0.2, 0) is 6.54 Å². The van der Waals surface area contributed by atoms with Gasteiger partial charge in [-0.25, -0.2) is 4.98 Å². The maximum atomic E-state index is 4.02. The van der Waals surface area contributed by atoms with E-state index in [-0.39, 0.29) is 0 Å². The first-order chi connectivity index (χ1) is 6.45. The lowest BCUT2D eigenvalue weighted by atomic mass is 10.0. The monoisotopic (exact) mass is 174 g/mol. The molecule has 13 heavy (non-hydrogen) atoms. The lowest BCUT2D eigenvalue weighted by Gasteiger charge is -2.08. The van der Waals surface area contributed by atoms with Crippen LogP contribution in [0.4, 0.5) is 0 Å². The molecule has 1 heterocycles. The Morgan fingerprint density at radius 2 is 2.46 bits per heavy atom. The minimum absolute atomic E-state index is 1.06. The Hall–Kier alpha value is -1.31. The second-order valence-corrected chi connectivity index (χ2v) is 3.34. The van der Waals surface area contributed by atoms with E-state index in [2.05, 4.69) is 27.8 Å². The molecule has 0 N–H and O–H groups in total. The second kappa shape index (κ2) is 4.08. The maximum absolute atomic E-state index is 4.02. The molecule has 1 aliphatic rings. The molecular formula is C11H14N2. The molecule has 1 aliphatic carbocycles. The average molecular weight is 174 g/mol. The van der Waals surface area contributed by atoms with E-state index in [1.807, 2.05) is 18.7 Å². The zero-order chi connectivity index (χ0) is 8.93. The number of rotatable bonds is 3. The number of imidazole rings is 1. The molecule has 0 aromatic carbocycles. The highest BCUT2D eigenvalue weighted by atomic mass is 15.0. The minimum Gasteiger partial charge on any atom is -0.337 e. The normalized spacial score (nSPS) is 15.8. The summed E-state index contributed by atoms with van der Waals surface area (Å²) in [6, 6.07) is 0. The summed E-state index contributed by atoms with van der Waals surface area (Å²) in [5.41, 5.74) is 1.55. The summed E-state index contributed by atoms with van der Waals surface area (Å²) in [7, 11) is 0. The third-order valence-corrected chi connectivity index (χ3v) is 2.35. The van der Waals surface area contributed by atoms with Crippen molar-refractivity contribution in [3.05, 3.63) is 42.5 Å². The number of hydrogen-bond acceptors (Lipinski definition) is 1. The molecule has 0 atom stereocenters. The molecule has 0 fully saturated rings. The Morgan fingerprint density at radius 3 is 3.15 bits per heavy atom. The van der Waals surface area contributed by atoms with Crippen molar-refractivity contribution in [2.75, 3.05) is 0 Å². The summed E-state index contributed by atoms with van der Waals surface area (Å²) in [6.07, 6.45) is 15.9. The molecule has 0 saturated heterocycles. The first-order valence-corrected chi connectivity index (χ1v) is 4.75. The molecule has 0 radical (unpaired) electrons. The summed E-state index contributed by atoms with van der Waals surface area (Å²) in [6.45, 7) is 1.06.